The zero-order chi connectivity index (χ0) is 59.9. The zero-order valence-corrected chi connectivity index (χ0v) is 59.9. The monoisotopic (exact) mass is 1480 g/mol. The van der Waals surface area contributed by atoms with Crippen LogP contribution < -0.4 is 18.9 Å². The van der Waals surface area contributed by atoms with Crippen LogP contribution in [0.3, 0.4) is 0 Å². The maximum absolute atomic E-state index is 9.75. The molecule has 0 saturated heterocycles. The van der Waals surface area contributed by atoms with Crippen LogP contribution in [0.15, 0.2) is 152 Å². The van der Waals surface area contributed by atoms with Crippen molar-refractivity contribution in [1.82, 2.24) is 0 Å². The molecule has 0 amide bonds. The van der Waals surface area contributed by atoms with Gasteiger partial charge in [0.2, 0.25) is 0 Å². The lowest BCUT2D eigenvalue weighted by atomic mass is 9.84. The summed E-state index contributed by atoms with van der Waals surface area (Å²) in [6.07, 6.45) is 0. The molecule has 6 aromatic carbocycles. The van der Waals surface area contributed by atoms with Gasteiger partial charge in [0.25, 0.3) is 0 Å². The number of aryl methyl sites for hydroxylation is 1. The van der Waals surface area contributed by atoms with Crippen molar-refractivity contribution in [3.05, 3.63) is 179 Å². The standard InChI is InChI=1S/C26H30O3.C25H28O3.CH4.BF4.S19/c1-5-28-25-15-14-22(16-20(25)2)26(3,4)19-27-18-21-10-9-13-24(17-21)29-23-11-7-6-8-12-23;1-4-27-22-15-13-21(14-16-22)25(2,3)19-26-18-20-9-8-12-24(17-20)28-23-10-6-5-7-11-23;;2-1(3,4)5;1-3-5-7-9-11-13-15-17-19-18-16-14-12-10-8-6-4-2/h6-17H,5,18-19H2,1-4H3;5-17H,4,18-19H2,1-3H3;1H4;;/q;;;-1;/p+1/i;15T;;;/hT. The van der Waals surface area contributed by atoms with Crippen LogP contribution in [-0.4, -0.2) is 33.7 Å². The Balaban J connectivity index is 0.000000611. The van der Waals surface area contributed by atoms with Gasteiger partial charge in [-0.15, -0.1) is 0 Å². The number of halogens is 4. The fraction of sp³-hybridized carbons (Fsp3) is 0.308. The summed E-state index contributed by atoms with van der Waals surface area (Å²) in [6, 6.07) is 48.1. The van der Waals surface area contributed by atoms with Crippen molar-refractivity contribution in [2.75, 3.05) is 26.4 Å². The number of hydrogen-bond acceptors (Lipinski definition) is 8. The predicted octanol–water partition coefficient (Wildman–Crippen LogP) is 15.1. The van der Waals surface area contributed by atoms with Gasteiger partial charge >= 0.3 is 8.68 Å². The Labute approximate surface area is 542 Å². The topological polar surface area (TPSA) is 55.4 Å². The quantitative estimate of drug-likeness (QED) is 0.0623. The van der Waals surface area contributed by atoms with E-state index in [2.05, 4.69) is 58.9 Å². The summed E-state index contributed by atoms with van der Waals surface area (Å²) in [5, 5.41) is 0. The van der Waals surface area contributed by atoms with Gasteiger partial charge < -0.3 is 45.7 Å². The Morgan fingerprint density at radius 3 is 1.22 bits per heavy atom. The normalized spacial score (nSPS) is 10.5. The van der Waals surface area contributed by atoms with Crippen LogP contribution in [0.5, 0.6) is 34.5 Å². The van der Waals surface area contributed by atoms with Crippen molar-refractivity contribution in [3.63, 3.8) is 0 Å². The number of hydrogen-bond donors (Lipinski definition) is 0. The van der Waals surface area contributed by atoms with E-state index in [0.717, 1.165) is 51.0 Å². The molecular formula is C52H63BF4O6S19. The van der Waals surface area contributed by atoms with Crippen molar-refractivity contribution in [2.45, 2.75) is 79.9 Å². The lowest BCUT2D eigenvalue weighted by molar-refractivity contribution is 0.0823. The van der Waals surface area contributed by atoms with Gasteiger partial charge in [0, 0.05) is 184 Å². The molecule has 0 saturated carbocycles. The summed E-state index contributed by atoms with van der Waals surface area (Å²) in [7, 11) is 23.0. The summed E-state index contributed by atoms with van der Waals surface area (Å²) < 4.78 is 82.2. The second kappa shape index (κ2) is 45.7. The van der Waals surface area contributed by atoms with E-state index in [1.165, 1.54) is 23.3 Å². The summed E-state index contributed by atoms with van der Waals surface area (Å²) in [6.45, 7) is 18.1. The molecule has 0 spiro atoms. The maximum atomic E-state index is 9.75. The summed E-state index contributed by atoms with van der Waals surface area (Å²) >= 11 is 9.50. The molecule has 0 bridgehead atoms. The minimum Gasteiger partial charge on any atom is -0.494 e. The molecule has 0 aliphatic heterocycles. The Morgan fingerprint density at radius 2 is 0.841 bits per heavy atom. The van der Waals surface area contributed by atoms with Crippen molar-refractivity contribution in [3.8, 4) is 34.5 Å². The van der Waals surface area contributed by atoms with E-state index in [1.807, 2.05) is 135 Å². The van der Waals surface area contributed by atoms with Crippen LogP contribution in [0.2, 0.25) is 0 Å². The van der Waals surface area contributed by atoms with Crippen molar-refractivity contribution in [1.29, 1.82) is 0 Å². The Kier molecular flexibility index (Phi) is 41.6. The number of rotatable bonds is 18. The van der Waals surface area contributed by atoms with Gasteiger partial charge in [0.05, 0.1) is 41.0 Å². The highest BCUT2D eigenvalue weighted by atomic mass is 33.5. The molecule has 0 fully saturated rings. The van der Waals surface area contributed by atoms with Crippen LogP contribution >= 0.6 is 0 Å². The lowest BCUT2D eigenvalue weighted by Crippen LogP contribution is -2.24. The second-order valence-electron chi connectivity index (χ2n) is 16.8. The maximum Gasteiger partial charge on any atom is 1.00 e. The first-order valence-corrected chi connectivity index (χ1v) is 47.6. The molecular weight excluding hydrogens is 1420 g/mol. The molecule has 0 aliphatic rings. The van der Waals surface area contributed by atoms with E-state index in [1.54, 1.807) is 133 Å². The summed E-state index contributed by atoms with van der Waals surface area (Å²) in [5.74, 6) is 4.82. The molecule has 0 unspecified atom stereocenters. The molecule has 0 N–H and O–H groups in total. The molecule has 30 heteroatoms. The smallest absolute Gasteiger partial charge is 0.494 e. The van der Waals surface area contributed by atoms with Crippen LogP contribution in [0.1, 0.15) is 79.6 Å². The van der Waals surface area contributed by atoms with Gasteiger partial charge in [-0.25, -0.2) is 0 Å². The lowest BCUT2D eigenvalue weighted by Gasteiger charge is -2.26. The Hall–Kier alpha value is -1.60. The Morgan fingerprint density at radius 1 is 0.463 bits per heavy atom. The molecule has 0 aliphatic carbocycles. The fourth-order valence-electron chi connectivity index (χ4n) is 6.30. The van der Waals surface area contributed by atoms with Gasteiger partial charge in [-0.3, -0.25) is 0 Å². The predicted molar refractivity (Wildman–Crippen MR) is 389 cm³/mol. The third kappa shape index (κ3) is 36.5. The minimum absolute atomic E-state index is 0. The third-order valence-corrected chi connectivity index (χ3v) is 45.3. The first-order valence-electron chi connectivity index (χ1n) is 24.1. The van der Waals surface area contributed by atoms with Crippen molar-refractivity contribution in [2.24, 2.45) is 0 Å². The molecule has 0 radical (unpaired) electrons. The molecule has 6 nitrogen and oxygen atoms in total. The van der Waals surface area contributed by atoms with E-state index in [0.29, 0.717) is 51.4 Å². The molecule has 0 heterocycles. The first kappa shape index (κ1) is 74.7. The number of benzene rings is 6. The summed E-state index contributed by atoms with van der Waals surface area (Å²) in [5.41, 5.74) is 5.32. The van der Waals surface area contributed by atoms with E-state index < -0.39 is 7.25 Å². The molecule has 0 atom stereocenters. The largest absolute Gasteiger partial charge is 1.00 e. The molecule has 452 valence electrons. The molecule has 6 aromatic rings. The van der Waals surface area contributed by atoms with Gasteiger partial charge in [0.15, 0.2) is 0 Å². The molecule has 6 rings (SSSR count). The highest BCUT2D eigenvalue weighted by molar-refractivity contribution is 8.78. The van der Waals surface area contributed by atoms with E-state index in [-0.39, 0.29) is 19.7 Å². The number of para-hydroxylation sites is 2. The average molecular weight is 1480 g/mol. The van der Waals surface area contributed by atoms with Gasteiger partial charge in [-0.1, -0.05) is 120 Å². The third-order valence-electron chi connectivity index (χ3n) is 9.78. The first-order chi connectivity index (χ1) is 39.4. The van der Waals surface area contributed by atoms with Gasteiger partial charge in [-0.05, 0) is 115 Å². The van der Waals surface area contributed by atoms with Crippen LogP contribution in [-0.2, 0) is 207 Å². The van der Waals surface area contributed by atoms with Gasteiger partial charge in [-0.2, -0.15) is 0 Å². The molecule has 0 aromatic heterocycles. The van der Waals surface area contributed by atoms with Crippen molar-refractivity contribution < 1.29 is 48.5 Å². The zero-order valence-electron chi connectivity index (χ0n) is 46.4. The minimum atomic E-state index is -6.00. The van der Waals surface area contributed by atoms with Crippen LogP contribution in [0.25, 0.3) is 0 Å². The van der Waals surface area contributed by atoms with Crippen LogP contribution in [0.4, 0.5) is 17.3 Å². The van der Waals surface area contributed by atoms with Crippen LogP contribution in [0, 0.1) is 6.92 Å². The fourth-order valence-corrected chi connectivity index (χ4v) is 47.5. The molecule has 82 heavy (non-hydrogen) atoms. The summed E-state index contributed by atoms with van der Waals surface area (Å²) in [4.78, 5) is 0. The second-order valence-corrected chi connectivity index (χ2v) is 46.9. The SMILES string of the molecule is C.CCOc1ccc(C(C)(C)COCc2cccc(Oc3ccccc3)c2)cc1C.F[B-](F)(F)F.S=S=S=S=S=S=S=S=S=S=S=S=S=S=S=S=S=S=S.[3H+].[3H]c1cc(C(C)(C)COCc2cccc(Oc3ccccc3)c2)ccc1OCC. The van der Waals surface area contributed by atoms with Crippen molar-refractivity contribution >= 4 is 181 Å². The van der Waals surface area contributed by atoms with E-state index in [4.69, 9.17) is 52.2 Å². The highest BCUT2D eigenvalue weighted by Crippen LogP contribution is 2.30. The van der Waals surface area contributed by atoms with E-state index >= 15 is 0 Å². The highest BCUT2D eigenvalue weighted by Gasteiger charge is 2.23. The Bertz CT molecular complexity index is 3530. The average Bonchev–Trinajstić information content (AvgIpc) is 3.61. The van der Waals surface area contributed by atoms with E-state index in [9.17, 15) is 17.3 Å². The van der Waals surface area contributed by atoms with Gasteiger partial charge in [0.1, 0.15) is 34.5 Å². The number of ether oxygens (including phenoxy) is 6.